The van der Waals surface area contributed by atoms with Crippen LogP contribution in [0.2, 0.25) is 0 Å². The largest absolute Gasteiger partial charge is 0.396 e. The topological polar surface area (TPSA) is 32.3 Å². The van der Waals surface area contributed by atoms with Gasteiger partial charge in [0.05, 0.1) is 0 Å². The molecule has 0 spiro atoms. The summed E-state index contributed by atoms with van der Waals surface area (Å²) in [6.07, 6.45) is 0.858. The first kappa shape index (κ1) is 10.8. The first-order chi connectivity index (χ1) is 3.91. The van der Waals surface area contributed by atoms with E-state index in [1.165, 1.54) is 0 Å². The third-order valence-electron chi connectivity index (χ3n) is 0.585. The Labute approximate surface area is 53.4 Å². The van der Waals surface area contributed by atoms with Crippen LogP contribution in [0.3, 0.4) is 0 Å². The van der Waals surface area contributed by atoms with Gasteiger partial charge in [0.15, 0.2) is 0 Å². The van der Waals surface area contributed by atoms with Crippen LogP contribution in [-0.2, 0) is 0 Å². The summed E-state index contributed by atoms with van der Waals surface area (Å²) in [5, 5.41) is 11.1. The third-order valence-corrected chi connectivity index (χ3v) is 0.585. The van der Waals surface area contributed by atoms with E-state index in [9.17, 15) is 0 Å². The van der Waals surface area contributed by atoms with Crippen molar-refractivity contribution >= 4 is 0 Å². The van der Waals surface area contributed by atoms with E-state index in [1.807, 2.05) is 20.9 Å². The number of hydrogen-bond acceptors (Lipinski definition) is 2. The predicted molar refractivity (Wildman–Crippen MR) is 39.1 cm³/mol. The lowest BCUT2D eigenvalue weighted by molar-refractivity contribution is 0.287. The van der Waals surface area contributed by atoms with Gasteiger partial charge in [-0.15, -0.1) is 0 Å². The van der Waals surface area contributed by atoms with E-state index >= 15 is 0 Å². The number of aliphatic hydroxyl groups is 1. The van der Waals surface area contributed by atoms with Crippen LogP contribution in [0.4, 0.5) is 0 Å². The van der Waals surface area contributed by atoms with Crippen molar-refractivity contribution in [1.29, 1.82) is 0 Å². The number of rotatable bonds is 3. The molecule has 2 heteroatoms. The van der Waals surface area contributed by atoms with Crippen molar-refractivity contribution in [3.05, 3.63) is 0 Å². The van der Waals surface area contributed by atoms with Gasteiger partial charge in [0.25, 0.3) is 0 Å². The summed E-state index contributed by atoms with van der Waals surface area (Å²) in [6, 6.07) is 0. The lowest BCUT2D eigenvalue weighted by Gasteiger charge is -1.89. The second-order valence-corrected chi connectivity index (χ2v) is 1.18. The normalized spacial score (nSPS) is 7.50. The monoisotopic (exact) mass is 121 g/mol. The second kappa shape index (κ2) is 15.8. The molecule has 0 aliphatic rings. The van der Waals surface area contributed by atoms with E-state index in [4.69, 9.17) is 5.11 Å². The number of nitrogens with one attached hydrogen (secondary N) is 1. The molecular weight excluding hydrogens is 102 g/mol. The average molecular weight is 121 g/mol. The molecule has 0 radical (unpaired) electrons. The van der Waals surface area contributed by atoms with Crippen molar-refractivity contribution in [2.24, 2.45) is 0 Å². The molecule has 0 amide bonds. The Morgan fingerprint density at radius 1 is 1.50 bits per heavy atom. The van der Waals surface area contributed by atoms with Crippen LogP contribution in [0.1, 0.15) is 21.7 Å². The zero-order valence-electron chi connectivity index (χ0n) is 6.07. The van der Waals surface area contributed by atoms with Crippen molar-refractivity contribution in [2.75, 3.05) is 20.2 Å². The van der Waals surface area contributed by atoms with Gasteiger partial charge in [0.2, 0.25) is 0 Å². The summed E-state index contributed by atoms with van der Waals surface area (Å²) < 4.78 is 0. The van der Waals surface area contributed by atoms with Gasteiger partial charge in [-0.3, -0.25) is 0 Å². The molecule has 0 aromatic rings. The van der Waals surface area contributed by atoms with Gasteiger partial charge in [0, 0.05) is 8.03 Å². The molecule has 54 valence electrons. The van der Waals surface area contributed by atoms with Gasteiger partial charge < -0.3 is 10.4 Å². The van der Waals surface area contributed by atoms with Gasteiger partial charge in [0.1, 0.15) is 0 Å². The van der Waals surface area contributed by atoms with E-state index < -0.39 is 0 Å². The molecule has 0 atom stereocenters. The standard InChI is InChI=1S/C4H11NO.C2H6.H2/c1-5-3-2-4-6;1-2;/h5-6H,2-4H2,1H3;1-2H3;1H. The highest BCUT2D eigenvalue weighted by Crippen LogP contribution is 1.66. The summed E-state index contributed by atoms with van der Waals surface area (Å²) >= 11 is 0. The predicted octanol–water partition coefficient (Wildman–Crippen LogP) is 0.860. The maximum absolute atomic E-state index is 8.16. The lowest BCUT2D eigenvalue weighted by Crippen LogP contribution is -2.08. The number of hydrogen-bond donors (Lipinski definition) is 2. The average Bonchev–Trinajstić information content (AvgIpc) is 1.88. The summed E-state index contributed by atoms with van der Waals surface area (Å²) in [6.45, 7) is 5.21. The van der Waals surface area contributed by atoms with E-state index in [-0.39, 0.29) is 1.43 Å². The molecule has 2 nitrogen and oxygen atoms in total. The highest BCUT2D eigenvalue weighted by Gasteiger charge is 1.74. The molecule has 0 fully saturated rings. The third kappa shape index (κ3) is 16.8. The minimum Gasteiger partial charge on any atom is -0.396 e. The van der Waals surface area contributed by atoms with Crippen molar-refractivity contribution in [3.8, 4) is 0 Å². The fraction of sp³-hybridized carbons (Fsp3) is 1.00. The summed E-state index contributed by atoms with van der Waals surface area (Å²) in [5.41, 5.74) is 0. The SMILES string of the molecule is CC.CNCCCO.[HH]. The van der Waals surface area contributed by atoms with E-state index in [1.54, 1.807) is 0 Å². The van der Waals surface area contributed by atoms with Crippen LogP contribution in [0.5, 0.6) is 0 Å². The van der Waals surface area contributed by atoms with Crippen LogP contribution in [0, 0.1) is 0 Å². The minimum atomic E-state index is 0. The Bertz CT molecular complexity index is 25.0. The van der Waals surface area contributed by atoms with Crippen molar-refractivity contribution in [1.82, 2.24) is 5.32 Å². The van der Waals surface area contributed by atoms with Gasteiger partial charge in [-0.2, -0.15) is 0 Å². The van der Waals surface area contributed by atoms with Crippen LogP contribution in [0.25, 0.3) is 0 Å². The van der Waals surface area contributed by atoms with Crippen LogP contribution < -0.4 is 5.32 Å². The zero-order chi connectivity index (χ0) is 6.83. The minimum absolute atomic E-state index is 0. The highest BCUT2D eigenvalue weighted by molar-refractivity contribution is 4.34. The molecule has 0 aromatic carbocycles. The van der Waals surface area contributed by atoms with E-state index in [0.717, 1.165) is 13.0 Å². The molecule has 2 N–H and O–H groups in total. The quantitative estimate of drug-likeness (QED) is 0.543. The van der Waals surface area contributed by atoms with Crippen LogP contribution in [-0.4, -0.2) is 25.3 Å². The Kier molecular flexibility index (Phi) is 21.3. The summed E-state index contributed by atoms with van der Waals surface area (Å²) in [7, 11) is 1.87. The van der Waals surface area contributed by atoms with Crippen LogP contribution in [0.15, 0.2) is 0 Å². The molecule has 0 unspecified atom stereocenters. The molecule has 0 saturated heterocycles. The fourth-order valence-corrected chi connectivity index (χ4v) is 0.256. The van der Waals surface area contributed by atoms with Gasteiger partial charge in [-0.1, -0.05) is 13.8 Å². The smallest absolute Gasteiger partial charge is 0.0443 e. The Morgan fingerprint density at radius 2 is 2.00 bits per heavy atom. The molecule has 0 heterocycles. The summed E-state index contributed by atoms with van der Waals surface area (Å²) in [4.78, 5) is 0. The Hall–Kier alpha value is -0.0800. The number of aliphatic hydroxyl groups excluding tert-OH is 1. The second-order valence-electron chi connectivity index (χ2n) is 1.18. The molecule has 0 aliphatic heterocycles. The molecule has 0 bridgehead atoms. The van der Waals surface area contributed by atoms with E-state index in [2.05, 4.69) is 5.32 Å². The van der Waals surface area contributed by atoms with Gasteiger partial charge in [-0.05, 0) is 20.0 Å². The van der Waals surface area contributed by atoms with Crippen molar-refractivity contribution < 1.29 is 6.53 Å². The highest BCUT2D eigenvalue weighted by atomic mass is 16.3. The molecule has 8 heavy (non-hydrogen) atoms. The molecular formula is C6H19NO. The van der Waals surface area contributed by atoms with E-state index in [0.29, 0.717) is 6.61 Å². The summed E-state index contributed by atoms with van der Waals surface area (Å²) in [5.74, 6) is 0. The van der Waals surface area contributed by atoms with Crippen molar-refractivity contribution in [3.63, 3.8) is 0 Å². The van der Waals surface area contributed by atoms with Crippen LogP contribution >= 0.6 is 0 Å². The Morgan fingerprint density at radius 3 is 2.12 bits per heavy atom. The molecule has 0 aromatic heterocycles. The first-order valence-corrected chi connectivity index (χ1v) is 3.17. The van der Waals surface area contributed by atoms with Gasteiger partial charge >= 0.3 is 0 Å². The maximum atomic E-state index is 8.16. The zero-order valence-corrected chi connectivity index (χ0v) is 6.07. The van der Waals surface area contributed by atoms with Gasteiger partial charge in [-0.25, -0.2) is 0 Å². The molecule has 0 saturated carbocycles. The molecule has 0 aliphatic carbocycles. The van der Waals surface area contributed by atoms with Crippen molar-refractivity contribution in [2.45, 2.75) is 20.3 Å². The molecule has 0 rings (SSSR count). The maximum Gasteiger partial charge on any atom is 0.0443 e. The first-order valence-electron chi connectivity index (χ1n) is 3.17. The fourth-order valence-electron chi connectivity index (χ4n) is 0.256. The Balaban J connectivity index is -0.000000109. The lowest BCUT2D eigenvalue weighted by atomic mass is 10.5.